The largest absolute Gasteiger partial charge is 0.544 e. The highest BCUT2D eigenvalue weighted by Gasteiger charge is 2.39. The number of allylic oxidation sites excluding steroid dienone is 1. The molecule has 0 heterocycles. The zero-order valence-corrected chi connectivity index (χ0v) is 25.1. The fourth-order valence-corrected chi connectivity index (χ4v) is 5.37. The quantitative estimate of drug-likeness (QED) is 0.270. The maximum absolute atomic E-state index is 12.1. The van der Waals surface area contributed by atoms with E-state index in [1.54, 1.807) is 0 Å². The van der Waals surface area contributed by atoms with Crippen molar-refractivity contribution in [1.82, 2.24) is 0 Å². The van der Waals surface area contributed by atoms with Crippen molar-refractivity contribution >= 4 is 28.1 Å². The van der Waals surface area contributed by atoms with E-state index < -0.39 is 16.6 Å². The van der Waals surface area contributed by atoms with Gasteiger partial charge in [-0.2, -0.15) is 0 Å². The van der Waals surface area contributed by atoms with E-state index in [4.69, 9.17) is 8.85 Å². The lowest BCUT2D eigenvalue weighted by atomic mass is 9.86. The van der Waals surface area contributed by atoms with Crippen LogP contribution in [0.5, 0.6) is 11.5 Å². The van der Waals surface area contributed by atoms with Crippen molar-refractivity contribution in [3.63, 3.8) is 0 Å². The van der Waals surface area contributed by atoms with E-state index in [2.05, 4.69) is 92.7 Å². The van der Waals surface area contributed by atoms with Crippen molar-refractivity contribution in [2.24, 2.45) is 0 Å². The first-order chi connectivity index (χ1) is 15.5. The summed E-state index contributed by atoms with van der Waals surface area (Å²) in [5, 5.41) is 0.277. The van der Waals surface area contributed by atoms with Crippen LogP contribution in [0.15, 0.2) is 48.5 Å². The summed E-state index contributed by atoms with van der Waals surface area (Å²) in [6, 6.07) is 16.2. The second-order valence-electron chi connectivity index (χ2n) is 12.3. The zero-order chi connectivity index (χ0) is 25.9. The molecule has 3 nitrogen and oxygen atoms in total. The van der Waals surface area contributed by atoms with Gasteiger partial charge in [0.15, 0.2) is 0 Å². The Hall–Kier alpha value is -2.08. The molecular formula is C29H44O3Si2. The van der Waals surface area contributed by atoms with Gasteiger partial charge in [-0.05, 0) is 78.1 Å². The fourth-order valence-electron chi connectivity index (χ4n) is 3.30. The monoisotopic (exact) mass is 496 g/mol. The van der Waals surface area contributed by atoms with Crippen LogP contribution in [0.1, 0.15) is 71.9 Å². The molecule has 5 heteroatoms. The normalized spacial score (nSPS) is 13.7. The van der Waals surface area contributed by atoms with Gasteiger partial charge in [0.25, 0.3) is 0 Å². The van der Waals surface area contributed by atoms with Gasteiger partial charge >= 0.3 is 0 Å². The minimum Gasteiger partial charge on any atom is -0.544 e. The molecule has 0 aliphatic carbocycles. The molecule has 2 aromatic rings. The van der Waals surface area contributed by atoms with Gasteiger partial charge in [0.05, 0.1) is 5.57 Å². The van der Waals surface area contributed by atoms with Gasteiger partial charge in [0.2, 0.25) is 16.6 Å². The van der Waals surface area contributed by atoms with Crippen LogP contribution in [-0.2, 0) is 4.79 Å². The molecule has 34 heavy (non-hydrogen) atoms. The van der Waals surface area contributed by atoms with E-state index in [1.165, 1.54) is 0 Å². The molecule has 0 fully saturated rings. The van der Waals surface area contributed by atoms with E-state index in [0.29, 0.717) is 5.57 Å². The van der Waals surface area contributed by atoms with Crippen molar-refractivity contribution in [2.75, 3.05) is 0 Å². The third kappa shape index (κ3) is 6.53. The topological polar surface area (TPSA) is 35.5 Å². The Balaban J connectivity index is 2.25. The minimum absolute atomic E-state index is 0.0217. The number of hydrogen-bond donors (Lipinski definition) is 0. The van der Waals surface area contributed by atoms with Crippen LogP contribution in [0, 0.1) is 0 Å². The summed E-state index contributed by atoms with van der Waals surface area (Å²) in [4.78, 5) is 12.1. The van der Waals surface area contributed by atoms with Gasteiger partial charge in [0, 0.05) is 5.92 Å². The number of benzene rings is 2. The molecule has 0 saturated heterocycles. The van der Waals surface area contributed by atoms with Gasteiger partial charge in [0.1, 0.15) is 17.4 Å². The third-order valence-electron chi connectivity index (χ3n) is 7.67. The first-order valence-electron chi connectivity index (χ1n) is 12.4. The molecule has 0 spiro atoms. The molecule has 0 bridgehead atoms. The van der Waals surface area contributed by atoms with Gasteiger partial charge in [-0.25, -0.2) is 4.79 Å². The van der Waals surface area contributed by atoms with E-state index in [9.17, 15) is 4.79 Å². The predicted molar refractivity (Wildman–Crippen MR) is 151 cm³/mol. The lowest BCUT2D eigenvalue weighted by Gasteiger charge is -2.36. The van der Waals surface area contributed by atoms with E-state index in [1.807, 2.05) is 36.4 Å². The predicted octanol–water partition coefficient (Wildman–Crippen LogP) is 8.86. The number of rotatable bonds is 8. The van der Waals surface area contributed by atoms with Gasteiger partial charge < -0.3 is 8.85 Å². The molecule has 2 aromatic carbocycles. The van der Waals surface area contributed by atoms with Gasteiger partial charge in [-0.1, -0.05) is 72.7 Å². The summed E-state index contributed by atoms with van der Waals surface area (Å²) < 4.78 is 12.8. The molecule has 2 rings (SSSR count). The minimum atomic E-state index is -1.91. The van der Waals surface area contributed by atoms with Crippen LogP contribution >= 0.6 is 0 Å². The average molecular weight is 497 g/mol. The van der Waals surface area contributed by atoms with Crippen LogP contribution in [-0.4, -0.2) is 22.6 Å². The molecule has 1 atom stereocenters. The van der Waals surface area contributed by atoms with Crippen LogP contribution in [0.2, 0.25) is 36.3 Å². The van der Waals surface area contributed by atoms with Crippen molar-refractivity contribution in [3.05, 3.63) is 59.7 Å². The summed E-state index contributed by atoms with van der Waals surface area (Å²) >= 11 is 0. The molecule has 0 radical (unpaired) electrons. The van der Waals surface area contributed by atoms with Crippen LogP contribution in [0.25, 0.3) is 5.57 Å². The lowest BCUT2D eigenvalue weighted by molar-refractivity contribution is 0.492. The lowest BCUT2D eigenvalue weighted by Crippen LogP contribution is -2.43. The van der Waals surface area contributed by atoms with E-state index in [0.717, 1.165) is 29.0 Å². The fraction of sp³-hybridized carbons (Fsp3) is 0.517. The molecule has 0 aliphatic rings. The zero-order valence-electron chi connectivity index (χ0n) is 23.1. The molecule has 186 valence electrons. The van der Waals surface area contributed by atoms with E-state index in [-0.39, 0.29) is 16.0 Å². The SMILES string of the molecule is CCC(C(=C=O)c1ccc(O[Si](C)(C)C(C)(C)C)cc1)c1ccc(O[Si](C)(C)C(C)(C)C)cc1. The van der Waals surface area contributed by atoms with Crippen molar-refractivity contribution in [2.45, 2.75) is 97.1 Å². The molecular weight excluding hydrogens is 452 g/mol. The van der Waals surface area contributed by atoms with Crippen LogP contribution in [0.3, 0.4) is 0 Å². The Morgan fingerprint density at radius 1 is 0.765 bits per heavy atom. The molecule has 0 N–H and O–H groups in total. The Morgan fingerprint density at radius 2 is 1.15 bits per heavy atom. The molecule has 0 aromatic heterocycles. The maximum atomic E-state index is 12.1. The second-order valence-corrected chi connectivity index (χ2v) is 21.7. The van der Waals surface area contributed by atoms with Crippen molar-refractivity contribution in [1.29, 1.82) is 0 Å². The highest BCUT2D eigenvalue weighted by atomic mass is 28.4. The van der Waals surface area contributed by atoms with E-state index >= 15 is 0 Å². The Labute approximate surface area is 209 Å². The van der Waals surface area contributed by atoms with Crippen molar-refractivity contribution < 1.29 is 13.6 Å². The first-order valence-corrected chi connectivity index (χ1v) is 18.2. The van der Waals surface area contributed by atoms with Crippen molar-refractivity contribution in [3.8, 4) is 11.5 Å². The maximum Gasteiger partial charge on any atom is 0.250 e. The summed E-state index contributed by atoms with van der Waals surface area (Å²) in [6.45, 7) is 24.5. The second kappa shape index (κ2) is 10.3. The van der Waals surface area contributed by atoms with Gasteiger partial charge in [-0.15, -0.1) is 0 Å². The molecule has 0 amide bonds. The summed E-state index contributed by atoms with van der Waals surface area (Å²) in [7, 11) is -3.80. The molecule has 0 saturated carbocycles. The van der Waals surface area contributed by atoms with Gasteiger partial charge in [-0.3, -0.25) is 0 Å². The summed E-state index contributed by atoms with van der Waals surface area (Å²) in [5.74, 6) is 3.98. The summed E-state index contributed by atoms with van der Waals surface area (Å²) in [5.41, 5.74) is 2.68. The average Bonchev–Trinajstić information content (AvgIpc) is 2.71. The molecule has 1 unspecified atom stereocenters. The van der Waals surface area contributed by atoms with Crippen LogP contribution in [0.4, 0.5) is 0 Å². The summed E-state index contributed by atoms with van der Waals surface area (Å²) in [6.07, 6.45) is 0.815. The highest BCUT2D eigenvalue weighted by Crippen LogP contribution is 2.40. The standard InChI is InChI=1S/C29H44O3Si2/c1-12-26(22-13-17-24(18-14-22)31-33(8,9)28(2,3)4)27(21-30)23-15-19-25(20-16-23)32-34(10,11)29(5,6)7/h13-20,26H,12H2,1-11H3. The molecule has 0 aliphatic heterocycles. The Bertz CT molecular complexity index is 1000. The highest BCUT2D eigenvalue weighted by molar-refractivity contribution is 6.75. The Morgan fingerprint density at radius 3 is 1.47 bits per heavy atom. The first kappa shape index (κ1) is 28.2. The number of carbonyl (C=O) groups excluding carboxylic acids is 1. The number of hydrogen-bond acceptors (Lipinski definition) is 3. The van der Waals surface area contributed by atoms with Crippen LogP contribution < -0.4 is 8.85 Å². The Kier molecular flexibility index (Phi) is 8.51. The third-order valence-corrected chi connectivity index (χ3v) is 16.4. The smallest absolute Gasteiger partial charge is 0.250 e.